The highest BCUT2D eigenvalue weighted by atomic mass is 15.2. The summed E-state index contributed by atoms with van der Waals surface area (Å²) in [5.74, 6) is 1.87. The molecule has 5 nitrogen and oxygen atoms in total. The first-order chi connectivity index (χ1) is 30.2. The summed E-state index contributed by atoms with van der Waals surface area (Å²) >= 11 is 0. The molecular weight excluding hydrogens is 755 g/mol. The zero-order valence-corrected chi connectivity index (χ0v) is 35.4. The van der Waals surface area contributed by atoms with Crippen molar-refractivity contribution in [2.75, 3.05) is 0 Å². The lowest BCUT2D eigenvalue weighted by molar-refractivity contribution is 0.334. The molecule has 0 saturated carbocycles. The van der Waals surface area contributed by atoms with Gasteiger partial charge in [-0.05, 0) is 99.2 Å². The number of rotatable bonds is 5. The Kier molecular flexibility index (Phi) is 7.98. The lowest BCUT2D eigenvalue weighted by Crippen LogP contribution is -2.34. The lowest BCUT2D eigenvalue weighted by Gasteiger charge is -2.42. The minimum absolute atomic E-state index is 0.0278. The van der Waals surface area contributed by atoms with Crippen LogP contribution in [0.4, 0.5) is 0 Å². The Morgan fingerprint density at radius 3 is 1.73 bits per heavy atom. The summed E-state index contributed by atoms with van der Waals surface area (Å²) in [6.07, 6.45) is 2.24. The number of aromatic nitrogens is 5. The van der Waals surface area contributed by atoms with Gasteiger partial charge in [0.25, 0.3) is 0 Å². The fourth-order valence-corrected chi connectivity index (χ4v) is 10.4. The standard InChI is InChI=1S/C57H45N5/c1-56(2)31-32-57(3,4)52-45(56)28-30-47-51(52)44-35-48-43(50-42-26-15-14-19-37(42)27-29-46(50)61(48)41-24-12-7-13-25-41)34-49(44)62(47)55-59-53(38-20-10-6-11-21-38)58-54(60-55)40-23-16-22-39(33-40)36-17-8-5-9-18-36/h5-30,33-35H,31-32H2,1-4H3. The van der Waals surface area contributed by atoms with E-state index < -0.39 is 0 Å². The van der Waals surface area contributed by atoms with E-state index in [0.717, 1.165) is 51.8 Å². The predicted octanol–water partition coefficient (Wildman–Crippen LogP) is 14.6. The average Bonchev–Trinajstić information content (AvgIpc) is 3.82. The highest BCUT2D eigenvalue weighted by molar-refractivity contribution is 6.25. The van der Waals surface area contributed by atoms with Crippen molar-refractivity contribution < 1.29 is 0 Å². The summed E-state index contributed by atoms with van der Waals surface area (Å²) in [6, 6.07) is 63.1. The van der Waals surface area contributed by atoms with Crippen LogP contribution in [0.2, 0.25) is 0 Å². The first-order valence-electron chi connectivity index (χ1n) is 21.7. The molecule has 5 heteroatoms. The van der Waals surface area contributed by atoms with E-state index in [1.54, 1.807) is 0 Å². The third-order valence-corrected chi connectivity index (χ3v) is 13.6. The van der Waals surface area contributed by atoms with Crippen LogP contribution in [0.25, 0.3) is 99.9 Å². The molecule has 0 N–H and O–H groups in total. The smallest absolute Gasteiger partial charge is 0.238 e. The molecule has 0 saturated heterocycles. The van der Waals surface area contributed by atoms with E-state index in [4.69, 9.17) is 15.0 Å². The zero-order valence-electron chi connectivity index (χ0n) is 35.4. The van der Waals surface area contributed by atoms with Crippen molar-refractivity contribution >= 4 is 54.4 Å². The second-order valence-corrected chi connectivity index (χ2v) is 18.3. The molecular formula is C57H45N5. The molecule has 3 aromatic heterocycles. The van der Waals surface area contributed by atoms with Gasteiger partial charge in [0.15, 0.2) is 11.6 Å². The molecule has 11 aromatic rings. The van der Waals surface area contributed by atoms with E-state index in [1.807, 2.05) is 6.07 Å². The predicted molar refractivity (Wildman–Crippen MR) is 258 cm³/mol. The molecule has 1 aliphatic carbocycles. The molecule has 8 aromatic carbocycles. The van der Waals surface area contributed by atoms with Gasteiger partial charge in [0, 0.05) is 38.4 Å². The van der Waals surface area contributed by atoms with Gasteiger partial charge in [-0.15, -0.1) is 0 Å². The quantitative estimate of drug-likeness (QED) is 0.174. The minimum Gasteiger partial charge on any atom is -0.309 e. The van der Waals surface area contributed by atoms with Crippen molar-refractivity contribution in [3.63, 3.8) is 0 Å². The zero-order chi connectivity index (χ0) is 41.7. The molecule has 62 heavy (non-hydrogen) atoms. The van der Waals surface area contributed by atoms with Crippen LogP contribution in [0.3, 0.4) is 0 Å². The third kappa shape index (κ3) is 5.58. The highest BCUT2D eigenvalue weighted by Crippen LogP contribution is 2.52. The number of hydrogen-bond acceptors (Lipinski definition) is 3. The largest absolute Gasteiger partial charge is 0.309 e. The monoisotopic (exact) mass is 799 g/mol. The van der Waals surface area contributed by atoms with Crippen molar-refractivity contribution in [1.82, 2.24) is 24.1 Å². The van der Waals surface area contributed by atoms with Gasteiger partial charge in [-0.2, -0.15) is 9.97 Å². The van der Waals surface area contributed by atoms with Gasteiger partial charge >= 0.3 is 0 Å². The Bertz CT molecular complexity index is 3560. The van der Waals surface area contributed by atoms with Crippen LogP contribution in [0.5, 0.6) is 0 Å². The van der Waals surface area contributed by atoms with Crippen molar-refractivity contribution in [2.45, 2.75) is 51.4 Å². The minimum atomic E-state index is -0.0574. The number of para-hydroxylation sites is 1. The Labute approximate surface area is 361 Å². The van der Waals surface area contributed by atoms with E-state index in [-0.39, 0.29) is 10.8 Å². The number of benzene rings is 8. The van der Waals surface area contributed by atoms with E-state index in [0.29, 0.717) is 17.6 Å². The van der Waals surface area contributed by atoms with Crippen LogP contribution in [0, 0.1) is 0 Å². The van der Waals surface area contributed by atoms with E-state index in [9.17, 15) is 0 Å². The molecule has 0 radical (unpaired) electrons. The molecule has 12 rings (SSSR count). The van der Waals surface area contributed by atoms with Crippen LogP contribution in [0.15, 0.2) is 176 Å². The fourth-order valence-electron chi connectivity index (χ4n) is 10.4. The van der Waals surface area contributed by atoms with Crippen molar-refractivity contribution in [2.24, 2.45) is 0 Å². The summed E-state index contributed by atoms with van der Waals surface area (Å²) in [6.45, 7) is 9.69. The Morgan fingerprint density at radius 1 is 0.403 bits per heavy atom. The summed E-state index contributed by atoms with van der Waals surface area (Å²) in [5.41, 5.74) is 12.7. The Hall–Kier alpha value is -7.37. The maximum Gasteiger partial charge on any atom is 0.238 e. The molecule has 0 aliphatic heterocycles. The summed E-state index contributed by atoms with van der Waals surface area (Å²) in [5, 5.41) is 7.37. The average molecular weight is 800 g/mol. The molecule has 0 bridgehead atoms. The van der Waals surface area contributed by atoms with Crippen molar-refractivity contribution in [3.8, 4) is 45.5 Å². The second kappa shape index (κ2) is 13.6. The summed E-state index contributed by atoms with van der Waals surface area (Å²) in [7, 11) is 0. The van der Waals surface area contributed by atoms with Gasteiger partial charge in [0.1, 0.15) is 0 Å². The molecule has 1 aliphatic rings. The number of nitrogens with zero attached hydrogens (tertiary/aromatic N) is 5. The first kappa shape index (κ1) is 36.5. The van der Waals surface area contributed by atoms with Crippen LogP contribution in [-0.4, -0.2) is 24.1 Å². The molecule has 0 amide bonds. The Balaban J connectivity index is 1.24. The Morgan fingerprint density at radius 2 is 0.968 bits per heavy atom. The van der Waals surface area contributed by atoms with E-state index in [2.05, 4.69) is 207 Å². The number of hydrogen-bond donors (Lipinski definition) is 0. The first-order valence-corrected chi connectivity index (χ1v) is 21.7. The van der Waals surface area contributed by atoms with Crippen LogP contribution in [0.1, 0.15) is 51.7 Å². The summed E-state index contributed by atoms with van der Waals surface area (Å²) in [4.78, 5) is 16.1. The van der Waals surface area contributed by atoms with Gasteiger partial charge in [-0.1, -0.05) is 161 Å². The van der Waals surface area contributed by atoms with Gasteiger partial charge in [0.05, 0.1) is 22.1 Å². The van der Waals surface area contributed by atoms with E-state index >= 15 is 0 Å². The maximum atomic E-state index is 5.46. The molecule has 0 fully saturated rings. The third-order valence-electron chi connectivity index (χ3n) is 13.6. The molecule has 0 unspecified atom stereocenters. The van der Waals surface area contributed by atoms with Crippen LogP contribution >= 0.6 is 0 Å². The lowest BCUT2D eigenvalue weighted by atomic mass is 9.62. The van der Waals surface area contributed by atoms with Gasteiger partial charge in [-0.3, -0.25) is 4.57 Å². The molecule has 0 atom stereocenters. The van der Waals surface area contributed by atoms with Gasteiger partial charge in [-0.25, -0.2) is 4.98 Å². The topological polar surface area (TPSA) is 48.5 Å². The van der Waals surface area contributed by atoms with E-state index in [1.165, 1.54) is 54.5 Å². The van der Waals surface area contributed by atoms with Crippen LogP contribution < -0.4 is 0 Å². The summed E-state index contributed by atoms with van der Waals surface area (Å²) < 4.78 is 4.79. The van der Waals surface area contributed by atoms with Crippen molar-refractivity contribution in [1.29, 1.82) is 0 Å². The molecule has 298 valence electrons. The SMILES string of the molecule is CC1(C)CCC(C)(C)c2c1ccc1c2c2cc3c(cc2n1-c1nc(-c2ccccc2)nc(-c2cccc(-c4ccccc4)c2)n1)c1c2ccccc2ccc1n3-c1ccccc1. The van der Waals surface area contributed by atoms with Gasteiger partial charge < -0.3 is 4.57 Å². The second-order valence-electron chi connectivity index (χ2n) is 18.3. The van der Waals surface area contributed by atoms with Crippen LogP contribution in [-0.2, 0) is 10.8 Å². The number of fused-ring (bicyclic) bond motifs is 10. The fraction of sp³-hybridized carbons (Fsp3) is 0.140. The van der Waals surface area contributed by atoms with Crippen molar-refractivity contribution in [3.05, 3.63) is 187 Å². The highest BCUT2D eigenvalue weighted by Gasteiger charge is 2.39. The molecule has 0 spiro atoms. The normalized spacial score (nSPS) is 14.6. The van der Waals surface area contributed by atoms with Gasteiger partial charge in [0.2, 0.25) is 5.95 Å². The molecule has 3 heterocycles. The maximum absolute atomic E-state index is 5.46.